The molecule has 35 heavy (non-hydrogen) atoms. The summed E-state index contributed by atoms with van der Waals surface area (Å²) in [6.07, 6.45) is 1.50. The minimum atomic E-state index is -3.57. The summed E-state index contributed by atoms with van der Waals surface area (Å²) in [6, 6.07) is 17.1. The Hall–Kier alpha value is -2.94. The Kier molecular flexibility index (Phi) is 8.88. The molecule has 10 heteroatoms. The fourth-order valence-corrected chi connectivity index (χ4v) is 4.77. The summed E-state index contributed by atoms with van der Waals surface area (Å²) in [5.74, 6) is 1.26. The second kappa shape index (κ2) is 11.7. The molecule has 0 saturated heterocycles. The Morgan fingerprint density at radius 1 is 1.03 bits per heavy atom. The van der Waals surface area contributed by atoms with Crippen molar-refractivity contribution in [2.45, 2.75) is 19.8 Å². The van der Waals surface area contributed by atoms with Crippen LogP contribution >= 0.6 is 23.2 Å². The van der Waals surface area contributed by atoms with E-state index in [-0.39, 0.29) is 25.3 Å². The van der Waals surface area contributed by atoms with Crippen LogP contribution in [-0.2, 0) is 14.8 Å². The van der Waals surface area contributed by atoms with Gasteiger partial charge in [0, 0.05) is 29.1 Å². The summed E-state index contributed by atoms with van der Waals surface area (Å²) in [7, 11) is -2.01. The van der Waals surface area contributed by atoms with Crippen LogP contribution in [0.2, 0.25) is 10.0 Å². The molecule has 0 aliphatic heterocycles. The highest BCUT2D eigenvalue weighted by Crippen LogP contribution is 2.33. The van der Waals surface area contributed by atoms with Crippen LogP contribution in [0.3, 0.4) is 0 Å². The maximum atomic E-state index is 12.7. The molecule has 0 aliphatic carbocycles. The van der Waals surface area contributed by atoms with Crippen LogP contribution in [0.25, 0.3) is 0 Å². The van der Waals surface area contributed by atoms with Crippen molar-refractivity contribution in [2.24, 2.45) is 0 Å². The highest BCUT2D eigenvalue weighted by Gasteiger charge is 2.20. The molecule has 0 saturated carbocycles. The van der Waals surface area contributed by atoms with E-state index in [4.69, 9.17) is 32.7 Å². The zero-order valence-corrected chi connectivity index (χ0v) is 21.9. The summed E-state index contributed by atoms with van der Waals surface area (Å²) in [4.78, 5) is 12.7. The number of halogens is 2. The molecule has 0 aromatic heterocycles. The molecule has 3 rings (SSSR count). The van der Waals surface area contributed by atoms with Crippen molar-refractivity contribution in [3.63, 3.8) is 0 Å². The van der Waals surface area contributed by atoms with Gasteiger partial charge in [0.05, 0.1) is 24.7 Å². The average molecular weight is 537 g/mol. The average Bonchev–Trinajstić information content (AvgIpc) is 2.80. The van der Waals surface area contributed by atoms with Gasteiger partial charge < -0.3 is 14.8 Å². The van der Waals surface area contributed by atoms with Crippen molar-refractivity contribution in [1.82, 2.24) is 0 Å². The first-order valence-electron chi connectivity index (χ1n) is 10.7. The lowest BCUT2D eigenvalue weighted by Crippen LogP contribution is -2.32. The number of rotatable bonds is 10. The number of methoxy groups -OCH3 is 1. The lowest BCUT2D eigenvalue weighted by molar-refractivity contribution is -0.116. The molecular weight excluding hydrogens is 511 g/mol. The fraction of sp³-hybridized carbons (Fsp3) is 0.240. The van der Waals surface area contributed by atoms with Gasteiger partial charge in [-0.1, -0.05) is 35.3 Å². The van der Waals surface area contributed by atoms with Gasteiger partial charge in [0.1, 0.15) is 11.5 Å². The molecule has 0 bridgehead atoms. The normalized spacial score (nSPS) is 11.1. The second-order valence-corrected chi connectivity index (χ2v) is 10.5. The Balaban J connectivity index is 1.69. The molecular formula is C25H26Cl2N2O5S. The number of amides is 1. The summed E-state index contributed by atoms with van der Waals surface area (Å²) in [5, 5.41) is 3.70. The van der Waals surface area contributed by atoms with E-state index in [0.717, 1.165) is 6.26 Å². The number of hydrogen-bond acceptors (Lipinski definition) is 5. The first kappa shape index (κ1) is 26.7. The van der Waals surface area contributed by atoms with Crippen LogP contribution in [0, 0.1) is 6.92 Å². The molecule has 0 atom stereocenters. The lowest BCUT2D eigenvalue weighted by Gasteiger charge is -2.24. The molecule has 3 aromatic rings. The van der Waals surface area contributed by atoms with Crippen LogP contribution < -0.4 is 19.1 Å². The Morgan fingerprint density at radius 2 is 1.74 bits per heavy atom. The summed E-state index contributed by atoms with van der Waals surface area (Å²) >= 11 is 12.3. The Morgan fingerprint density at radius 3 is 2.46 bits per heavy atom. The molecule has 0 fully saturated rings. The number of benzene rings is 3. The largest absolute Gasteiger partial charge is 0.497 e. The van der Waals surface area contributed by atoms with Gasteiger partial charge in [-0.05, 0) is 61.4 Å². The Bertz CT molecular complexity index is 1310. The van der Waals surface area contributed by atoms with E-state index in [1.54, 1.807) is 74.7 Å². The zero-order chi connectivity index (χ0) is 25.6. The second-order valence-electron chi connectivity index (χ2n) is 7.79. The predicted molar refractivity (Wildman–Crippen MR) is 141 cm³/mol. The van der Waals surface area contributed by atoms with Crippen molar-refractivity contribution in [2.75, 3.05) is 29.5 Å². The SMILES string of the molecule is COc1cccc(Oc2ccc(Cl)cc2NC(=O)CCCN(c2cccc(Cl)c2C)S(C)(=O)=O)c1. The van der Waals surface area contributed by atoms with Crippen molar-refractivity contribution in [1.29, 1.82) is 0 Å². The highest BCUT2D eigenvalue weighted by molar-refractivity contribution is 7.92. The number of ether oxygens (including phenoxy) is 2. The topological polar surface area (TPSA) is 84.9 Å². The van der Waals surface area contributed by atoms with Crippen LogP contribution in [0.4, 0.5) is 11.4 Å². The van der Waals surface area contributed by atoms with E-state index in [2.05, 4.69) is 5.32 Å². The third-order valence-corrected chi connectivity index (χ3v) is 6.98. The van der Waals surface area contributed by atoms with Gasteiger partial charge in [-0.15, -0.1) is 0 Å². The smallest absolute Gasteiger partial charge is 0.232 e. The van der Waals surface area contributed by atoms with Gasteiger partial charge in [-0.2, -0.15) is 0 Å². The molecule has 0 spiro atoms. The van der Waals surface area contributed by atoms with Gasteiger partial charge >= 0.3 is 0 Å². The van der Waals surface area contributed by atoms with Crippen molar-refractivity contribution in [3.05, 3.63) is 76.3 Å². The van der Waals surface area contributed by atoms with Gasteiger partial charge in [-0.3, -0.25) is 9.10 Å². The van der Waals surface area contributed by atoms with Crippen LogP contribution in [0.5, 0.6) is 17.2 Å². The quantitative estimate of drug-likeness (QED) is 0.329. The fourth-order valence-electron chi connectivity index (χ4n) is 3.41. The number of carbonyl (C=O) groups excluding carboxylic acids is 1. The number of anilines is 2. The lowest BCUT2D eigenvalue weighted by atomic mass is 10.2. The zero-order valence-electron chi connectivity index (χ0n) is 19.5. The molecule has 0 radical (unpaired) electrons. The third-order valence-electron chi connectivity index (χ3n) is 5.16. The van der Waals surface area contributed by atoms with E-state index < -0.39 is 10.0 Å². The molecule has 0 unspecified atom stereocenters. The van der Waals surface area contributed by atoms with E-state index in [1.165, 1.54) is 4.31 Å². The first-order chi connectivity index (χ1) is 16.6. The molecule has 7 nitrogen and oxygen atoms in total. The van der Waals surface area contributed by atoms with Crippen molar-refractivity contribution in [3.8, 4) is 17.2 Å². The minimum absolute atomic E-state index is 0.0801. The number of nitrogens with one attached hydrogen (secondary N) is 1. The number of hydrogen-bond donors (Lipinski definition) is 1. The summed E-state index contributed by atoms with van der Waals surface area (Å²) < 4.78 is 37.2. The van der Waals surface area contributed by atoms with Crippen molar-refractivity contribution >= 4 is 50.5 Å². The van der Waals surface area contributed by atoms with E-state index in [0.29, 0.717) is 44.2 Å². The number of sulfonamides is 1. The van der Waals surface area contributed by atoms with Crippen LogP contribution in [-0.4, -0.2) is 34.2 Å². The van der Waals surface area contributed by atoms with E-state index >= 15 is 0 Å². The predicted octanol–water partition coefficient (Wildman–Crippen LogP) is 6.29. The van der Waals surface area contributed by atoms with E-state index in [1.807, 2.05) is 0 Å². The van der Waals surface area contributed by atoms with Gasteiger partial charge in [-0.25, -0.2) is 8.42 Å². The maximum Gasteiger partial charge on any atom is 0.232 e. The standard InChI is InChI=1S/C25H26Cl2N2O5S/c1-17-21(27)9-5-10-23(17)29(35(3,31)32)14-6-11-25(30)28-22-15-18(26)12-13-24(22)34-20-8-4-7-19(16-20)33-2/h4-5,7-10,12-13,15-16H,6,11,14H2,1-3H3,(H,28,30). The van der Waals surface area contributed by atoms with Crippen LogP contribution in [0.1, 0.15) is 18.4 Å². The summed E-state index contributed by atoms with van der Waals surface area (Å²) in [6.45, 7) is 1.88. The molecule has 1 amide bonds. The Labute approximate surface area is 215 Å². The van der Waals surface area contributed by atoms with Gasteiger partial charge in [0.25, 0.3) is 0 Å². The number of carbonyl (C=O) groups is 1. The third kappa shape index (κ3) is 7.27. The van der Waals surface area contributed by atoms with Gasteiger partial charge in [0.15, 0.2) is 5.75 Å². The van der Waals surface area contributed by atoms with Crippen molar-refractivity contribution < 1.29 is 22.7 Å². The molecule has 186 valence electrons. The monoisotopic (exact) mass is 536 g/mol. The van der Waals surface area contributed by atoms with Gasteiger partial charge in [0.2, 0.25) is 15.9 Å². The molecule has 0 aliphatic rings. The van der Waals surface area contributed by atoms with E-state index in [9.17, 15) is 13.2 Å². The molecule has 1 N–H and O–H groups in total. The van der Waals surface area contributed by atoms with Crippen LogP contribution in [0.15, 0.2) is 60.7 Å². The molecule has 0 heterocycles. The highest BCUT2D eigenvalue weighted by atomic mass is 35.5. The summed E-state index contributed by atoms with van der Waals surface area (Å²) in [5.41, 5.74) is 1.54. The first-order valence-corrected chi connectivity index (χ1v) is 13.3. The maximum absolute atomic E-state index is 12.7. The molecule has 3 aromatic carbocycles. The number of nitrogens with zero attached hydrogens (tertiary/aromatic N) is 1. The minimum Gasteiger partial charge on any atom is -0.497 e.